The topological polar surface area (TPSA) is 64.3 Å². The van der Waals surface area contributed by atoms with Crippen LogP contribution in [0, 0.1) is 0 Å². The minimum Gasteiger partial charge on any atom is -0.450 e. The largest absolute Gasteiger partial charge is 0.450 e. The van der Waals surface area contributed by atoms with Crippen molar-refractivity contribution in [1.29, 1.82) is 0 Å². The third kappa shape index (κ3) is 7.14. The van der Waals surface area contributed by atoms with Gasteiger partial charge in [-0.05, 0) is 45.6 Å². The second kappa shape index (κ2) is 7.90. The molecule has 20 heavy (non-hydrogen) atoms. The average molecular weight is 278 g/mol. The van der Waals surface area contributed by atoms with Gasteiger partial charge in [-0.3, -0.25) is 0 Å². The molecule has 0 radical (unpaired) electrons. The molecule has 0 aliphatic carbocycles. The van der Waals surface area contributed by atoms with Gasteiger partial charge in [-0.15, -0.1) is 0 Å². The maximum absolute atomic E-state index is 11.4. The summed E-state index contributed by atoms with van der Waals surface area (Å²) in [6, 6.07) is 10.1. The molecule has 1 atom stereocenters. The molecule has 0 aliphatic heterocycles. The zero-order valence-corrected chi connectivity index (χ0v) is 12.7. The van der Waals surface area contributed by atoms with Crippen LogP contribution in [0.3, 0.4) is 0 Å². The number of amides is 1. The second-order valence-electron chi connectivity index (χ2n) is 6.02. The molecule has 0 aromatic heterocycles. The first kappa shape index (κ1) is 16.5. The highest BCUT2D eigenvalue weighted by Crippen LogP contribution is 2.16. The summed E-state index contributed by atoms with van der Waals surface area (Å²) in [5.74, 6) is 0. The number of carbonyl (C=O) groups is 1. The lowest BCUT2D eigenvalue weighted by Gasteiger charge is -2.20. The third-order valence-electron chi connectivity index (χ3n) is 2.85. The average Bonchev–Trinajstić information content (AvgIpc) is 2.37. The minimum atomic E-state index is -0.357. The van der Waals surface area contributed by atoms with Crippen LogP contribution in [0.1, 0.15) is 51.6 Å². The van der Waals surface area contributed by atoms with E-state index in [1.165, 1.54) is 0 Å². The lowest BCUT2D eigenvalue weighted by molar-refractivity contribution is 0.135. The van der Waals surface area contributed by atoms with Crippen LogP contribution >= 0.6 is 0 Å². The van der Waals surface area contributed by atoms with Crippen LogP contribution in [0.15, 0.2) is 30.3 Å². The number of rotatable bonds is 6. The summed E-state index contributed by atoms with van der Waals surface area (Å²) in [5, 5.41) is 2.76. The summed E-state index contributed by atoms with van der Waals surface area (Å²) in [7, 11) is 0. The Labute approximate surface area is 121 Å². The Morgan fingerprint density at radius 3 is 2.50 bits per heavy atom. The predicted octanol–water partition coefficient (Wildman–Crippen LogP) is 3.38. The van der Waals surface area contributed by atoms with E-state index in [0.717, 1.165) is 24.8 Å². The Kier molecular flexibility index (Phi) is 6.52. The van der Waals surface area contributed by atoms with Crippen LogP contribution in [-0.4, -0.2) is 18.2 Å². The van der Waals surface area contributed by atoms with Gasteiger partial charge in [0, 0.05) is 11.6 Å². The van der Waals surface area contributed by atoms with Crippen molar-refractivity contribution < 1.29 is 9.53 Å². The number of alkyl carbamates (subject to hydrolysis) is 1. The van der Waals surface area contributed by atoms with Gasteiger partial charge in [0.25, 0.3) is 0 Å². The van der Waals surface area contributed by atoms with Crippen LogP contribution in [-0.2, 0) is 4.74 Å². The SMILES string of the molecule is CC(C)(C)NC(=O)OCCCCC(N)c1ccccc1. The number of hydrogen-bond acceptors (Lipinski definition) is 3. The molecular weight excluding hydrogens is 252 g/mol. The molecule has 1 rings (SSSR count). The fourth-order valence-corrected chi connectivity index (χ4v) is 1.84. The Bertz CT molecular complexity index is 399. The summed E-state index contributed by atoms with van der Waals surface area (Å²) >= 11 is 0. The molecule has 0 bridgehead atoms. The van der Waals surface area contributed by atoms with Gasteiger partial charge in [0.15, 0.2) is 0 Å². The standard InChI is InChI=1S/C16H26N2O2/c1-16(2,3)18-15(19)20-12-8-7-11-14(17)13-9-5-4-6-10-13/h4-6,9-10,14H,7-8,11-12,17H2,1-3H3,(H,18,19). The van der Waals surface area contributed by atoms with Gasteiger partial charge in [0.05, 0.1) is 6.61 Å². The van der Waals surface area contributed by atoms with Crippen LogP contribution in [0.4, 0.5) is 4.79 Å². The van der Waals surface area contributed by atoms with Crippen LogP contribution < -0.4 is 11.1 Å². The molecule has 4 nitrogen and oxygen atoms in total. The van der Waals surface area contributed by atoms with Crippen LogP contribution in [0.25, 0.3) is 0 Å². The van der Waals surface area contributed by atoms with Crippen molar-refractivity contribution in [2.45, 2.75) is 51.6 Å². The Morgan fingerprint density at radius 1 is 1.25 bits per heavy atom. The number of benzene rings is 1. The van der Waals surface area contributed by atoms with E-state index in [0.29, 0.717) is 6.61 Å². The van der Waals surface area contributed by atoms with Crippen molar-refractivity contribution in [3.05, 3.63) is 35.9 Å². The van der Waals surface area contributed by atoms with Crippen molar-refractivity contribution in [3.63, 3.8) is 0 Å². The molecule has 1 aromatic rings. The first-order valence-corrected chi connectivity index (χ1v) is 7.14. The monoisotopic (exact) mass is 278 g/mol. The number of nitrogens with two attached hydrogens (primary N) is 1. The van der Waals surface area contributed by atoms with Crippen molar-refractivity contribution in [2.75, 3.05) is 6.61 Å². The summed E-state index contributed by atoms with van der Waals surface area (Å²) in [4.78, 5) is 11.4. The fraction of sp³-hybridized carbons (Fsp3) is 0.562. The predicted molar refractivity (Wildman–Crippen MR) is 81.5 cm³/mol. The Hall–Kier alpha value is -1.55. The van der Waals surface area contributed by atoms with Gasteiger partial charge >= 0.3 is 6.09 Å². The van der Waals surface area contributed by atoms with Crippen molar-refractivity contribution in [2.24, 2.45) is 5.73 Å². The lowest BCUT2D eigenvalue weighted by Crippen LogP contribution is -2.41. The molecule has 0 saturated carbocycles. The van der Waals surface area contributed by atoms with E-state index in [1.54, 1.807) is 0 Å². The van der Waals surface area contributed by atoms with E-state index < -0.39 is 0 Å². The summed E-state index contributed by atoms with van der Waals surface area (Å²) in [5.41, 5.74) is 6.99. The quantitative estimate of drug-likeness (QED) is 0.784. The Balaban J connectivity index is 2.12. The van der Waals surface area contributed by atoms with E-state index in [2.05, 4.69) is 5.32 Å². The van der Waals surface area contributed by atoms with E-state index in [-0.39, 0.29) is 17.7 Å². The molecule has 3 N–H and O–H groups in total. The third-order valence-corrected chi connectivity index (χ3v) is 2.85. The van der Waals surface area contributed by atoms with Crippen molar-refractivity contribution in [1.82, 2.24) is 5.32 Å². The molecule has 0 aliphatic rings. The summed E-state index contributed by atoms with van der Waals surface area (Å²) in [6.45, 7) is 6.21. The maximum atomic E-state index is 11.4. The highest BCUT2D eigenvalue weighted by molar-refractivity contribution is 5.67. The van der Waals surface area contributed by atoms with Gasteiger partial charge in [0.1, 0.15) is 0 Å². The van der Waals surface area contributed by atoms with Gasteiger partial charge < -0.3 is 15.8 Å². The molecule has 4 heteroatoms. The molecule has 0 saturated heterocycles. The zero-order valence-electron chi connectivity index (χ0n) is 12.7. The minimum absolute atomic E-state index is 0.0552. The van der Waals surface area contributed by atoms with E-state index in [1.807, 2.05) is 51.1 Å². The molecule has 0 spiro atoms. The molecule has 1 amide bonds. The first-order chi connectivity index (χ1) is 9.38. The lowest BCUT2D eigenvalue weighted by atomic mass is 10.0. The van der Waals surface area contributed by atoms with E-state index >= 15 is 0 Å². The van der Waals surface area contributed by atoms with E-state index in [9.17, 15) is 4.79 Å². The van der Waals surface area contributed by atoms with Gasteiger partial charge in [-0.1, -0.05) is 30.3 Å². The molecule has 1 aromatic carbocycles. The molecule has 0 fully saturated rings. The number of unbranched alkanes of at least 4 members (excludes halogenated alkanes) is 1. The van der Waals surface area contributed by atoms with Crippen molar-refractivity contribution in [3.8, 4) is 0 Å². The zero-order chi connectivity index (χ0) is 15.0. The molecule has 0 heterocycles. The number of nitrogens with one attached hydrogen (secondary N) is 1. The molecule has 112 valence electrons. The summed E-state index contributed by atoms with van der Waals surface area (Å²) < 4.78 is 5.11. The fourth-order valence-electron chi connectivity index (χ4n) is 1.84. The second-order valence-corrected chi connectivity index (χ2v) is 6.02. The van der Waals surface area contributed by atoms with Gasteiger partial charge in [-0.25, -0.2) is 4.79 Å². The van der Waals surface area contributed by atoms with Gasteiger partial charge in [-0.2, -0.15) is 0 Å². The highest BCUT2D eigenvalue weighted by atomic mass is 16.5. The Morgan fingerprint density at radius 2 is 1.90 bits per heavy atom. The summed E-state index contributed by atoms with van der Waals surface area (Å²) in [6.07, 6.45) is 2.32. The number of ether oxygens (including phenoxy) is 1. The number of carbonyl (C=O) groups excluding carboxylic acids is 1. The number of hydrogen-bond donors (Lipinski definition) is 2. The first-order valence-electron chi connectivity index (χ1n) is 7.14. The van der Waals surface area contributed by atoms with Crippen LogP contribution in [0.5, 0.6) is 0 Å². The molecular formula is C16H26N2O2. The molecule has 1 unspecified atom stereocenters. The normalized spacial score (nSPS) is 12.8. The van der Waals surface area contributed by atoms with E-state index in [4.69, 9.17) is 10.5 Å². The van der Waals surface area contributed by atoms with Crippen molar-refractivity contribution >= 4 is 6.09 Å². The smallest absolute Gasteiger partial charge is 0.407 e. The van der Waals surface area contributed by atoms with Crippen LogP contribution in [0.2, 0.25) is 0 Å². The van der Waals surface area contributed by atoms with Gasteiger partial charge in [0.2, 0.25) is 0 Å². The maximum Gasteiger partial charge on any atom is 0.407 e. The highest BCUT2D eigenvalue weighted by Gasteiger charge is 2.14.